The van der Waals surface area contributed by atoms with E-state index >= 15 is 0 Å². The van der Waals surface area contributed by atoms with Crippen molar-refractivity contribution in [3.05, 3.63) is 23.9 Å². The van der Waals surface area contributed by atoms with Crippen LogP contribution in [0.15, 0.2) is 18.3 Å². The third-order valence-electron chi connectivity index (χ3n) is 3.23. The van der Waals surface area contributed by atoms with Crippen LogP contribution in [0.2, 0.25) is 0 Å². The smallest absolute Gasteiger partial charge is 0.216 e. The van der Waals surface area contributed by atoms with E-state index in [0.717, 1.165) is 24.3 Å². The molecular formula is C13H20N2O. The van der Waals surface area contributed by atoms with Crippen LogP contribution in [-0.4, -0.2) is 17.1 Å². The number of aromatic nitrogens is 1. The molecule has 0 radical (unpaired) electrons. The Hall–Kier alpha value is -1.09. The van der Waals surface area contributed by atoms with Crippen LogP contribution in [0.5, 0.6) is 5.88 Å². The van der Waals surface area contributed by atoms with Crippen LogP contribution in [0.1, 0.15) is 37.7 Å². The van der Waals surface area contributed by atoms with Gasteiger partial charge in [0.2, 0.25) is 5.88 Å². The highest BCUT2D eigenvalue weighted by atomic mass is 16.5. The molecule has 0 amide bonds. The minimum Gasteiger partial charge on any atom is -0.473 e. The standard InChI is InChI=1S/C13H20N2O/c1-10-6-5-9-15-13(10)16-12-8-4-2-3-7-11(12)14/h5-6,9,11-12H,2-4,7-8,14H2,1H3. The summed E-state index contributed by atoms with van der Waals surface area (Å²) in [4.78, 5) is 4.26. The molecular weight excluding hydrogens is 200 g/mol. The molecule has 0 spiro atoms. The van der Waals surface area contributed by atoms with Gasteiger partial charge in [-0.1, -0.05) is 18.9 Å². The van der Waals surface area contributed by atoms with Crippen molar-refractivity contribution in [3.8, 4) is 5.88 Å². The predicted molar refractivity (Wildman–Crippen MR) is 64.5 cm³/mol. The Kier molecular flexibility index (Phi) is 3.78. The van der Waals surface area contributed by atoms with Crippen LogP contribution in [0.3, 0.4) is 0 Å². The first-order valence-corrected chi connectivity index (χ1v) is 6.11. The van der Waals surface area contributed by atoms with Gasteiger partial charge >= 0.3 is 0 Å². The molecule has 2 atom stereocenters. The lowest BCUT2D eigenvalue weighted by Crippen LogP contribution is -2.38. The van der Waals surface area contributed by atoms with Gasteiger partial charge in [-0.3, -0.25) is 0 Å². The monoisotopic (exact) mass is 220 g/mol. The highest BCUT2D eigenvalue weighted by Crippen LogP contribution is 2.22. The molecule has 3 heteroatoms. The third kappa shape index (κ3) is 2.73. The van der Waals surface area contributed by atoms with E-state index in [1.54, 1.807) is 6.20 Å². The molecule has 0 bridgehead atoms. The molecule has 1 aliphatic rings. The van der Waals surface area contributed by atoms with Gasteiger partial charge in [-0.05, 0) is 32.3 Å². The van der Waals surface area contributed by atoms with Crippen molar-refractivity contribution in [1.29, 1.82) is 0 Å². The van der Waals surface area contributed by atoms with Crippen LogP contribution in [0, 0.1) is 6.92 Å². The molecule has 0 saturated heterocycles. The Morgan fingerprint density at radius 3 is 2.94 bits per heavy atom. The second kappa shape index (κ2) is 5.30. The van der Waals surface area contributed by atoms with Gasteiger partial charge in [-0.15, -0.1) is 0 Å². The Balaban J connectivity index is 2.05. The number of hydrogen-bond acceptors (Lipinski definition) is 3. The molecule has 1 aromatic rings. The Morgan fingerprint density at radius 2 is 2.12 bits per heavy atom. The van der Waals surface area contributed by atoms with Gasteiger partial charge in [0, 0.05) is 17.8 Å². The molecule has 16 heavy (non-hydrogen) atoms. The largest absolute Gasteiger partial charge is 0.473 e. The summed E-state index contributed by atoms with van der Waals surface area (Å²) in [7, 11) is 0. The summed E-state index contributed by atoms with van der Waals surface area (Å²) >= 11 is 0. The summed E-state index contributed by atoms with van der Waals surface area (Å²) in [6.45, 7) is 2.02. The first-order valence-electron chi connectivity index (χ1n) is 6.11. The maximum atomic E-state index is 6.12. The van der Waals surface area contributed by atoms with Gasteiger partial charge < -0.3 is 10.5 Å². The first kappa shape index (κ1) is 11.4. The lowest BCUT2D eigenvalue weighted by Gasteiger charge is -2.22. The zero-order valence-corrected chi connectivity index (χ0v) is 9.86. The second-order valence-corrected chi connectivity index (χ2v) is 4.58. The quantitative estimate of drug-likeness (QED) is 0.779. The summed E-state index contributed by atoms with van der Waals surface area (Å²) in [6, 6.07) is 4.10. The van der Waals surface area contributed by atoms with Crippen molar-refractivity contribution < 1.29 is 4.74 Å². The summed E-state index contributed by atoms with van der Waals surface area (Å²) in [5.41, 5.74) is 7.21. The molecule has 0 aromatic carbocycles. The van der Waals surface area contributed by atoms with E-state index in [-0.39, 0.29) is 12.1 Å². The predicted octanol–water partition coefficient (Wildman–Crippen LogP) is 2.43. The molecule has 88 valence electrons. The van der Waals surface area contributed by atoms with Gasteiger partial charge in [-0.2, -0.15) is 0 Å². The number of nitrogens with two attached hydrogens (primary N) is 1. The highest BCUT2D eigenvalue weighted by molar-refractivity contribution is 5.23. The Bertz CT molecular complexity index is 340. The normalized spacial score (nSPS) is 26.1. The Labute approximate surface area is 97.0 Å². The number of pyridine rings is 1. The van der Waals surface area contributed by atoms with Gasteiger partial charge in [0.05, 0.1) is 0 Å². The molecule has 3 nitrogen and oxygen atoms in total. The summed E-state index contributed by atoms with van der Waals surface area (Å²) in [5, 5.41) is 0. The van der Waals surface area contributed by atoms with E-state index in [9.17, 15) is 0 Å². The fraction of sp³-hybridized carbons (Fsp3) is 0.615. The zero-order valence-electron chi connectivity index (χ0n) is 9.86. The van der Waals surface area contributed by atoms with Gasteiger partial charge in [0.15, 0.2) is 0 Å². The molecule has 1 aliphatic carbocycles. The average Bonchev–Trinajstić information content (AvgIpc) is 2.48. The number of nitrogens with zero attached hydrogens (tertiary/aromatic N) is 1. The van der Waals surface area contributed by atoms with Gasteiger partial charge in [0.1, 0.15) is 6.10 Å². The topological polar surface area (TPSA) is 48.1 Å². The van der Waals surface area contributed by atoms with Crippen molar-refractivity contribution in [2.24, 2.45) is 5.73 Å². The van der Waals surface area contributed by atoms with Crippen molar-refractivity contribution in [3.63, 3.8) is 0 Å². The minimum atomic E-state index is 0.135. The van der Waals surface area contributed by atoms with Crippen LogP contribution in [0.4, 0.5) is 0 Å². The van der Waals surface area contributed by atoms with Crippen molar-refractivity contribution in [1.82, 2.24) is 4.98 Å². The zero-order chi connectivity index (χ0) is 11.4. The van der Waals surface area contributed by atoms with E-state index in [4.69, 9.17) is 10.5 Å². The summed E-state index contributed by atoms with van der Waals surface area (Å²) in [6.07, 6.45) is 7.73. The van der Waals surface area contributed by atoms with E-state index < -0.39 is 0 Å². The molecule has 2 unspecified atom stereocenters. The molecule has 1 fully saturated rings. The maximum Gasteiger partial charge on any atom is 0.216 e. The molecule has 2 N–H and O–H groups in total. The molecule has 1 saturated carbocycles. The number of ether oxygens (including phenoxy) is 1. The Morgan fingerprint density at radius 1 is 1.31 bits per heavy atom. The summed E-state index contributed by atoms with van der Waals surface area (Å²) in [5.74, 6) is 0.741. The third-order valence-corrected chi connectivity index (χ3v) is 3.23. The van der Waals surface area contributed by atoms with E-state index in [2.05, 4.69) is 4.98 Å². The van der Waals surface area contributed by atoms with E-state index in [0.29, 0.717) is 0 Å². The van der Waals surface area contributed by atoms with Crippen molar-refractivity contribution >= 4 is 0 Å². The van der Waals surface area contributed by atoms with Gasteiger partial charge in [0.25, 0.3) is 0 Å². The number of hydrogen-bond donors (Lipinski definition) is 1. The van der Waals surface area contributed by atoms with Crippen LogP contribution in [0.25, 0.3) is 0 Å². The highest BCUT2D eigenvalue weighted by Gasteiger charge is 2.22. The summed E-state index contributed by atoms with van der Waals surface area (Å²) < 4.78 is 5.94. The number of aryl methyl sites for hydroxylation is 1. The van der Waals surface area contributed by atoms with Crippen LogP contribution in [-0.2, 0) is 0 Å². The van der Waals surface area contributed by atoms with Crippen LogP contribution < -0.4 is 10.5 Å². The van der Waals surface area contributed by atoms with Gasteiger partial charge in [-0.25, -0.2) is 4.98 Å². The molecule has 1 aromatic heterocycles. The van der Waals surface area contributed by atoms with E-state index in [1.165, 1.54) is 19.3 Å². The van der Waals surface area contributed by atoms with Crippen LogP contribution >= 0.6 is 0 Å². The molecule has 1 heterocycles. The SMILES string of the molecule is Cc1cccnc1OC1CCCCCC1N. The molecule has 0 aliphatic heterocycles. The maximum absolute atomic E-state index is 6.12. The van der Waals surface area contributed by atoms with Crippen molar-refractivity contribution in [2.75, 3.05) is 0 Å². The lowest BCUT2D eigenvalue weighted by atomic mass is 10.1. The lowest BCUT2D eigenvalue weighted by molar-refractivity contribution is 0.155. The first-order chi connectivity index (χ1) is 7.77. The van der Waals surface area contributed by atoms with Crippen molar-refractivity contribution in [2.45, 2.75) is 51.2 Å². The second-order valence-electron chi connectivity index (χ2n) is 4.58. The fourth-order valence-electron chi connectivity index (χ4n) is 2.19. The minimum absolute atomic E-state index is 0.135. The number of rotatable bonds is 2. The molecule has 2 rings (SSSR count). The fourth-order valence-corrected chi connectivity index (χ4v) is 2.19. The van der Waals surface area contributed by atoms with E-state index in [1.807, 2.05) is 19.1 Å². The average molecular weight is 220 g/mol.